The highest BCUT2D eigenvalue weighted by Gasteiger charge is 2.26. The number of nitrogens with zero attached hydrogens (tertiary/aromatic N) is 2. The fraction of sp³-hybridized carbons (Fsp3) is 0.533. The second kappa shape index (κ2) is 5.63. The lowest BCUT2D eigenvalue weighted by Gasteiger charge is -2.38. The standard InChI is InChI=1S/C15H19ClN2/c1-11-5-3-4-6-14(11)18(2)15-8-7-12(10-17)9-13(15)16/h7-9,11,14H,3-6H2,1-2H3. The van der Waals surface area contributed by atoms with Crippen LogP contribution < -0.4 is 4.90 Å². The molecule has 2 rings (SSSR count). The van der Waals surface area contributed by atoms with E-state index in [0.717, 1.165) is 5.69 Å². The molecule has 2 atom stereocenters. The van der Waals surface area contributed by atoms with Crippen molar-refractivity contribution in [3.8, 4) is 6.07 Å². The van der Waals surface area contributed by atoms with E-state index in [4.69, 9.17) is 16.9 Å². The minimum absolute atomic E-state index is 0.559. The van der Waals surface area contributed by atoms with Crippen LogP contribution in [0.2, 0.25) is 5.02 Å². The molecule has 0 radical (unpaired) electrons. The molecular formula is C15H19ClN2. The summed E-state index contributed by atoms with van der Waals surface area (Å²) in [5, 5.41) is 9.54. The maximum atomic E-state index is 8.86. The van der Waals surface area contributed by atoms with Crippen LogP contribution in [0.3, 0.4) is 0 Å². The van der Waals surface area contributed by atoms with E-state index in [-0.39, 0.29) is 0 Å². The molecule has 1 aromatic carbocycles. The van der Waals surface area contributed by atoms with Crippen molar-refractivity contribution in [3.05, 3.63) is 28.8 Å². The van der Waals surface area contributed by atoms with Crippen LogP contribution in [0.4, 0.5) is 5.69 Å². The molecule has 0 amide bonds. The van der Waals surface area contributed by atoms with Crippen LogP contribution in [0.1, 0.15) is 38.2 Å². The van der Waals surface area contributed by atoms with Gasteiger partial charge in [0.25, 0.3) is 0 Å². The zero-order valence-corrected chi connectivity index (χ0v) is 11.7. The lowest BCUT2D eigenvalue weighted by molar-refractivity contribution is 0.321. The SMILES string of the molecule is CC1CCCCC1N(C)c1ccc(C#N)cc1Cl. The molecule has 96 valence electrons. The monoisotopic (exact) mass is 262 g/mol. The molecule has 1 aliphatic carbocycles. The van der Waals surface area contributed by atoms with Gasteiger partial charge >= 0.3 is 0 Å². The number of benzene rings is 1. The fourth-order valence-electron chi connectivity index (χ4n) is 2.91. The first-order valence-electron chi connectivity index (χ1n) is 6.56. The number of halogens is 1. The van der Waals surface area contributed by atoms with Crippen molar-refractivity contribution in [2.75, 3.05) is 11.9 Å². The topological polar surface area (TPSA) is 27.0 Å². The molecule has 1 aromatic rings. The van der Waals surface area contributed by atoms with Crippen molar-refractivity contribution < 1.29 is 0 Å². The number of hydrogen-bond acceptors (Lipinski definition) is 2. The van der Waals surface area contributed by atoms with E-state index in [9.17, 15) is 0 Å². The van der Waals surface area contributed by atoms with Gasteiger partial charge in [0.05, 0.1) is 22.3 Å². The van der Waals surface area contributed by atoms with Crippen LogP contribution in [0.15, 0.2) is 18.2 Å². The summed E-state index contributed by atoms with van der Waals surface area (Å²) in [5.41, 5.74) is 1.66. The predicted molar refractivity (Wildman–Crippen MR) is 76.0 cm³/mol. The van der Waals surface area contributed by atoms with E-state index >= 15 is 0 Å². The molecule has 18 heavy (non-hydrogen) atoms. The summed E-state index contributed by atoms with van der Waals surface area (Å²) in [6, 6.07) is 8.23. The van der Waals surface area contributed by atoms with E-state index in [1.165, 1.54) is 25.7 Å². The summed E-state index contributed by atoms with van der Waals surface area (Å²) < 4.78 is 0. The lowest BCUT2D eigenvalue weighted by Crippen LogP contribution is -2.39. The van der Waals surface area contributed by atoms with E-state index in [1.54, 1.807) is 6.07 Å². The number of rotatable bonds is 2. The predicted octanol–water partition coefficient (Wildman–Crippen LogP) is 4.23. The summed E-state index contributed by atoms with van der Waals surface area (Å²) in [7, 11) is 2.11. The van der Waals surface area contributed by atoms with Crippen molar-refractivity contribution >= 4 is 17.3 Å². The van der Waals surface area contributed by atoms with Gasteiger partial charge in [-0.3, -0.25) is 0 Å². The average Bonchev–Trinajstić information content (AvgIpc) is 2.38. The highest BCUT2D eigenvalue weighted by Crippen LogP contribution is 2.34. The quantitative estimate of drug-likeness (QED) is 0.798. The highest BCUT2D eigenvalue weighted by atomic mass is 35.5. The second-order valence-corrected chi connectivity index (χ2v) is 5.63. The Balaban J connectivity index is 2.22. The molecule has 0 aromatic heterocycles. The third-order valence-electron chi connectivity index (χ3n) is 4.02. The molecule has 1 aliphatic rings. The van der Waals surface area contributed by atoms with Crippen molar-refractivity contribution in [3.63, 3.8) is 0 Å². The Hall–Kier alpha value is -1.20. The summed E-state index contributed by atoms with van der Waals surface area (Å²) in [4.78, 5) is 2.29. The van der Waals surface area contributed by atoms with Gasteiger partial charge in [-0.25, -0.2) is 0 Å². The molecule has 3 heteroatoms. The van der Waals surface area contributed by atoms with Crippen molar-refractivity contribution in [2.24, 2.45) is 5.92 Å². The Morgan fingerprint density at radius 3 is 2.67 bits per heavy atom. The van der Waals surface area contributed by atoms with Gasteiger partial charge < -0.3 is 4.90 Å². The smallest absolute Gasteiger partial charge is 0.0992 e. The first kappa shape index (κ1) is 13.2. The summed E-state index contributed by atoms with van der Waals surface area (Å²) in [5.74, 6) is 0.704. The molecule has 1 saturated carbocycles. The number of anilines is 1. The highest BCUT2D eigenvalue weighted by molar-refractivity contribution is 6.33. The van der Waals surface area contributed by atoms with Gasteiger partial charge in [0, 0.05) is 13.1 Å². The molecule has 1 fully saturated rings. The zero-order valence-electron chi connectivity index (χ0n) is 11.0. The Bertz CT molecular complexity index is 464. The maximum absolute atomic E-state index is 8.86. The van der Waals surface area contributed by atoms with Crippen LogP contribution >= 0.6 is 11.6 Å². The Labute approximate surface area is 114 Å². The van der Waals surface area contributed by atoms with Gasteiger partial charge in [-0.1, -0.05) is 31.4 Å². The van der Waals surface area contributed by atoms with Gasteiger partial charge in [-0.05, 0) is 37.0 Å². The van der Waals surface area contributed by atoms with Crippen LogP contribution in [0, 0.1) is 17.2 Å². The Kier molecular flexibility index (Phi) is 4.14. The van der Waals surface area contributed by atoms with E-state index in [2.05, 4.69) is 24.9 Å². The largest absolute Gasteiger partial charge is 0.370 e. The zero-order chi connectivity index (χ0) is 13.1. The normalized spacial score (nSPS) is 23.4. The van der Waals surface area contributed by atoms with Crippen LogP contribution in [-0.4, -0.2) is 13.1 Å². The molecule has 0 aliphatic heterocycles. The maximum Gasteiger partial charge on any atom is 0.0992 e. The van der Waals surface area contributed by atoms with Gasteiger partial charge in [-0.2, -0.15) is 5.26 Å². The van der Waals surface area contributed by atoms with Gasteiger partial charge in [-0.15, -0.1) is 0 Å². The van der Waals surface area contributed by atoms with Crippen LogP contribution in [0.5, 0.6) is 0 Å². The minimum atomic E-state index is 0.559. The molecule has 0 N–H and O–H groups in total. The minimum Gasteiger partial charge on any atom is -0.370 e. The Morgan fingerprint density at radius 1 is 1.33 bits per heavy atom. The van der Waals surface area contributed by atoms with Gasteiger partial charge in [0.15, 0.2) is 0 Å². The number of nitriles is 1. The molecule has 0 saturated heterocycles. The summed E-state index contributed by atoms with van der Waals surface area (Å²) in [6.45, 7) is 2.32. The van der Waals surface area contributed by atoms with Crippen molar-refractivity contribution in [1.29, 1.82) is 5.26 Å². The van der Waals surface area contributed by atoms with Gasteiger partial charge in [0.2, 0.25) is 0 Å². The average molecular weight is 263 g/mol. The lowest BCUT2D eigenvalue weighted by atomic mass is 9.85. The van der Waals surface area contributed by atoms with Crippen LogP contribution in [0.25, 0.3) is 0 Å². The summed E-state index contributed by atoms with van der Waals surface area (Å²) in [6.07, 6.45) is 5.16. The molecule has 2 unspecified atom stereocenters. The molecule has 0 spiro atoms. The first-order valence-corrected chi connectivity index (χ1v) is 6.93. The van der Waals surface area contributed by atoms with E-state index in [1.807, 2.05) is 12.1 Å². The second-order valence-electron chi connectivity index (χ2n) is 5.22. The third-order valence-corrected chi connectivity index (χ3v) is 4.32. The fourth-order valence-corrected chi connectivity index (χ4v) is 3.23. The molecular weight excluding hydrogens is 244 g/mol. The van der Waals surface area contributed by atoms with Crippen molar-refractivity contribution in [1.82, 2.24) is 0 Å². The van der Waals surface area contributed by atoms with Gasteiger partial charge in [0.1, 0.15) is 0 Å². The number of hydrogen-bond donors (Lipinski definition) is 0. The third kappa shape index (κ3) is 2.62. The van der Waals surface area contributed by atoms with Crippen molar-refractivity contribution in [2.45, 2.75) is 38.6 Å². The van der Waals surface area contributed by atoms with E-state index in [0.29, 0.717) is 22.5 Å². The molecule has 2 nitrogen and oxygen atoms in total. The molecule has 0 heterocycles. The molecule has 0 bridgehead atoms. The van der Waals surface area contributed by atoms with E-state index < -0.39 is 0 Å². The first-order chi connectivity index (χ1) is 8.63. The summed E-state index contributed by atoms with van der Waals surface area (Å²) >= 11 is 6.28. The Morgan fingerprint density at radius 2 is 2.06 bits per heavy atom. The van der Waals surface area contributed by atoms with Crippen LogP contribution in [-0.2, 0) is 0 Å².